The summed E-state index contributed by atoms with van der Waals surface area (Å²) in [6.07, 6.45) is 7.10. The zero-order chi connectivity index (χ0) is 35.8. The van der Waals surface area contributed by atoms with Gasteiger partial charge in [0.05, 0.1) is 0 Å². The van der Waals surface area contributed by atoms with Crippen LogP contribution in [0.1, 0.15) is 43.2 Å². The fourth-order valence-electron chi connectivity index (χ4n) is 12.3. The first-order valence-electron chi connectivity index (χ1n) is 20.2. The highest BCUT2D eigenvalue weighted by Crippen LogP contribution is 2.69. The Morgan fingerprint density at radius 3 is 1.91 bits per heavy atom. The van der Waals surface area contributed by atoms with Crippen LogP contribution >= 0.6 is 11.3 Å². The summed E-state index contributed by atoms with van der Waals surface area (Å²) in [5.41, 5.74) is 14.2. The van der Waals surface area contributed by atoms with Crippen LogP contribution in [-0.2, 0) is 5.41 Å². The molecule has 0 saturated heterocycles. The molecule has 0 atom stereocenters. The Kier molecular flexibility index (Phi) is 6.25. The van der Waals surface area contributed by atoms with E-state index in [2.05, 4.69) is 150 Å². The number of thiophene rings is 1. The molecule has 1 spiro atoms. The van der Waals surface area contributed by atoms with E-state index in [9.17, 15) is 0 Å². The molecule has 3 heteroatoms. The van der Waals surface area contributed by atoms with E-state index in [-0.39, 0.29) is 5.41 Å². The number of hydrogen-bond donors (Lipinski definition) is 0. The van der Waals surface area contributed by atoms with E-state index in [4.69, 9.17) is 4.42 Å². The molecule has 4 bridgehead atoms. The second-order valence-electron chi connectivity index (χ2n) is 16.9. The summed E-state index contributed by atoms with van der Waals surface area (Å²) < 4.78 is 9.04. The molecule has 0 aliphatic heterocycles. The number of nitrogens with zero attached hydrogens (tertiary/aromatic N) is 1. The van der Waals surface area contributed by atoms with Crippen LogP contribution in [0.15, 0.2) is 156 Å². The van der Waals surface area contributed by atoms with E-state index in [0.717, 1.165) is 62.7 Å². The van der Waals surface area contributed by atoms with Gasteiger partial charge in [-0.1, -0.05) is 91.0 Å². The van der Waals surface area contributed by atoms with Crippen molar-refractivity contribution in [2.75, 3.05) is 4.90 Å². The van der Waals surface area contributed by atoms with E-state index in [0.29, 0.717) is 0 Å². The topological polar surface area (TPSA) is 16.4 Å². The highest BCUT2D eigenvalue weighted by molar-refractivity contribution is 7.25. The third-order valence-electron chi connectivity index (χ3n) is 14.3. The van der Waals surface area contributed by atoms with E-state index in [1.165, 1.54) is 74.5 Å². The molecule has 55 heavy (non-hydrogen) atoms. The molecular formula is C52H39NOS. The summed E-state index contributed by atoms with van der Waals surface area (Å²) in [6, 6.07) is 56.9. The molecule has 0 radical (unpaired) electrons. The van der Waals surface area contributed by atoms with Gasteiger partial charge >= 0.3 is 0 Å². The van der Waals surface area contributed by atoms with Crippen molar-refractivity contribution in [1.82, 2.24) is 0 Å². The number of fused-ring (bicyclic) bond motifs is 9. The lowest BCUT2D eigenvalue weighted by Gasteiger charge is -2.61. The molecule has 264 valence electrons. The van der Waals surface area contributed by atoms with Gasteiger partial charge in [0.25, 0.3) is 0 Å². The Balaban J connectivity index is 0.936. The van der Waals surface area contributed by atoms with Gasteiger partial charge in [-0.25, -0.2) is 0 Å². The monoisotopic (exact) mass is 725 g/mol. The highest BCUT2D eigenvalue weighted by Gasteiger charge is 2.61. The Morgan fingerprint density at radius 2 is 1.07 bits per heavy atom. The Labute approximate surface area is 324 Å². The van der Waals surface area contributed by atoms with Crippen molar-refractivity contribution in [1.29, 1.82) is 0 Å². The third-order valence-corrected chi connectivity index (χ3v) is 15.4. The number of hydrogen-bond acceptors (Lipinski definition) is 3. The van der Waals surface area contributed by atoms with Crippen LogP contribution in [0.4, 0.5) is 17.1 Å². The first kappa shape index (κ1) is 30.7. The van der Waals surface area contributed by atoms with Crippen LogP contribution in [-0.4, -0.2) is 0 Å². The maximum absolute atomic E-state index is 6.42. The van der Waals surface area contributed by atoms with Crippen LogP contribution in [0.3, 0.4) is 0 Å². The van der Waals surface area contributed by atoms with Gasteiger partial charge < -0.3 is 9.32 Å². The van der Waals surface area contributed by atoms with Gasteiger partial charge in [-0.3, -0.25) is 0 Å². The molecule has 4 fully saturated rings. The van der Waals surface area contributed by atoms with Gasteiger partial charge in [0, 0.05) is 59.5 Å². The average molecular weight is 726 g/mol. The van der Waals surface area contributed by atoms with Crippen molar-refractivity contribution in [3.05, 3.63) is 163 Å². The van der Waals surface area contributed by atoms with Crippen molar-refractivity contribution in [3.63, 3.8) is 0 Å². The van der Waals surface area contributed by atoms with E-state index < -0.39 is 0 Å². The molecule has 2 nitrogen and oxygen atoms in total. The summed E-state index contributed by atoms with van der Waals surface area (Å²) in [5.74, 6) is 3.41. The van der Waals surface area contributed by atoms with Crippen LogP contribution in [0.2, 0.25) is 0 Å². The lowest BCUT2D eigenvalue weighted by Crippen LogP contribution is -2.55. The van der Waals surface area contributed by atoms with Crippen molar-refractivity contribution >= 4 is 70.5 Å². The predicted molar refractivity (Wildman–Crippen MR) is 230 cm³/mol. The lowest BCUT2D eigenvalue weighted by molar-refractivity contribution is -0.0399. The van der Waals surface area contributed by atoms with Crippen LogP contribution in [0, 0.1) is 23.7 Å². The number of benzene rings is 7. The minimum Gasteiger partial charge on any atom is -0.456 e. The fourth-order valence-corrected chi connectivity index (χ4v) is 13.4. The second kappa shape index (κ2) is 11.2. The van der Waals surface area contributed by atoms with Gasteiger partial charge in [0.1, 0.15) is 11.2 Å². The van der Waals surface area contributed by atoms with Crippen molar-refractivity contribution in [2.24, 2.45) is 23.7 Å². The maximum atomic E-state index is 6.42. The van der Waals surface area contributed by atoms with Gasteiger partial charge in [0.15, 0.2) is 0 Å². The molecule has 5 aliphatic rings. The predicted octanol–water partition coefficient (Wildman–Crippen LogP) is 14.8. The normalized spacial score (nSPS) is 23.3. The highest BCUT2D eigenvalue weighted by atomic mass is 32.1. The minimum absolute atomic E-state index is 0.173. The smallest absolute Gasteiger partial charge is 0.137 e. The second-order valence-corrected chi connectivity index (χ2v) is 18.0. The van der Waals surface area contributed by atoms with Gasteiger partial charge in [0.2, 0.25) is 0 Å². The molecule has 2 aromatic heterocycles. The molecule has 0 unspecified atom stereocenters. The van der Waals surface area contributed by atoms with Gasteiger partial charge in [-0.2, -0.15) is 0 Å². The van der Waals surface area contributed by atoms with Crippen LogP contribution in [0.5, 0.6) is 0 Å². The molecule has 14 rings (SSSR count). The zero-order valence-corrected chi connectivity index (χ0v) is 31.4. The van der Waals surface area contributed by atoms with Gasteiger partial charge in [-0.15, -0.1) is 11.3 Å². The Bertz CT molecular complexity index is 2880. The van der Waals surface area contributed by atoms with Crippen LogP contribution in [0.25, 0.3) is 64.4 Å². The zero-order valence-electron chi connectivity index (χ0n) is 30.5. The Morgan fingerprint density at radius 1 is 0.455 bits per heavy atom. The third kappa shape index (κ3) is 4.25. The standard InChI is InChI=1S/C52H39NOS/c1-4-10-46-40(7-1)41-20-15-34(28-47(41)52(46)35-24-31-23-32(26-35)27-36(52)25-31)33-13-16-37(17-14-33)53(38-18-21-43-42-8-2-5-11-48(42)54-49(43)29-38)39-19-22-45-44-9-3-6-12-50(44)55-51(45)30-39/h1-22,28-32,35-36H,23-27H2. The molecular weight excluding hydrogens is 687 g/mol. The lowest BCUT2D eigenvalue weighted by atomic mass is 9.43. The van der Waals surface area contributed by atoms with E-state index in [1.54, 1.807) is 11.1 Å². The molecule has 9 aromatic rings. The first-order valence-corrected chi connectivity index (χ1v) is 21.0. The minimum atomic E-state index is 0.173. The number of para-hydroxylation sites is 1. The van der Waals surface area contributed by atoms with E-state index in [1.807, 2.05) is 17.4 Å². The largest absolute Gasteiger partial charge is 0.456 e. The molecule has 0 N–H and O–H groups in total. The first-order chi connectivity index (χ1) is 27.2. The number of anilines is 3. The SMILES string of the molecule is c1ccc2c(c1)-c1ccc(-c3ccc(N(c4ccc5c(c4)oc4ccccc45)c4ccc5c(c4)sc4ccccc45)cc3)cc1C21C2CC3CC(C2)CC1C3. The number of furan rings is 1. The van der Waals surface area contributed by atoms with Crippen molar-refractivity contribution in [3.8, 4) is 22.3 Å². The number of rotatable bonds is 4. The summed E-state index contributed by atoms with van der Waals surface area (Å²) in [4.78, 5) is 2.39. The summed E-state index contributed by atoms with van der Waals surface area (Å²) in [5, 5.41) is 4.93. The van der Waals surface area contributed by atoms with E-state index >= 15 is 0 Å². The Hall–Kier alpha value is -5.64. The van der Waals surface area contributed by atoms with Crippen molar-refractivity contribution < 1.29 is 4.42 Å². The molecule has 2 heterocycles. The summed E-state index contributed by atoms with van der Waals surface area (Å²) in [6.45, 7) is 0. The molecule has 4 saturated carbocycles. The summed E-state index contributed by atoms with van der Waals surface area (Å²) >= 11 is 1.87. The van der Waals surface area contributed by atoms with Crippen molar-refractivity contribution in [2.45, 2.75) is 37.5 Å². The van der Waals surface area contributed by atoms with Crippen LogP contribution < -0.4 is 4.90 Å². The molecule has 5 aliphatic carbocycles. The average Bonchev–Trinajstić information content (AvgIpc) is 3.88. The molecule has 7 aromatic carbocycles. The fraction of sp³-hybridized carbons (Fsp3) is 0.192. The van der Waals surface area contributed by atoms with Gasteiger partial charge in [-0.05, 0) is 144 Å². The quantitative estimate of drug-likeness (QED) is 0.180. The molecule has 0 amide bonds. The summed E-state index contributed by atoms with van der Waals surface area (Å²) in [7, 11) is 0. The maximum Gasteiger partial charge on any atom is 0.137 e.